The zero-order chi connectivity index (χ0) is 14.4. The number of aromatic hydroxyl groups is 1. The number of nitrogens with one attached hydrogen (secondary N) is 1. The van der Waals surface area contributed by atoms with Crippen LogP contribution in [0.5, 0.6) is 5.75 Å². The summed E-state index contributed by atoms with van der Waals surface area (Å²) in [5, 5.41) is 13.4. The summed E-state index contributed by atoms with van der Waals surface area (Å²) in [4.78, 5) is 11.7. The fourth-order valence-electron chi connectivity index (χ4n) is 1.60. The predicted octanol–water partition coefficient (Wildman–Crippen LogP) is 2.85. The van der Waals surface area contributed by atoms with Crippen LogP contribution in [0.15, 0.2) is 58.1 Å². The molecule has 0 aliphatic rings. The standard InChI is InChI=1S/C15H13BrN2O2/c16-13-7-5-11(6-8-13)9-15(20)18-17-10-12-3-1-2-4-14(12)19/h1-8,10,19H,9H2,(H,18,20)/b17-10-. The minimum absolute atomic E-state index is 0.124. The van der Waals surface area contributed by atoms with Crippen LogP contribution >= 0.6 is 15.9 Å². The van der Waals surface area contributed by atoms with Crippen LogP contribution < -0.4 is 5.43 Å². The van der Waals surface area contributed by atoms with Crippen molar-refractivity contribution in [1.82, 2.24) is 5.43 Å². The van der Waals surface area contributed by atoms with Crippen molar-refractivity contribution in [3.63, 3.8) is 0 Å². The highest BCUT2D eigenvalue weighted by atomic mass is 79.9. The average molecular weight is 333 g/mol. The second-order valence-electron chi connectivity index (χ2n) is 4.16. The van der Waals surface area contributed by atoms with E-state index in [1.54, 1.807) is 24.3 Å². The van der Waals surface area contributed by atoms with E-state index in [2.05, 4.69) is 26.5 Å². The lowest BCUT2D eigenvalue weighted by Crippen LogP contribution is -2.19. The monoisotopic (exact) mass is 332 g/mol. The number of phenols is 1. The first-order chi connectivity index (χ1) is 9.65. The van der Waals surface area contributed by atoms with E-state index in [4.69, 9.17) is 0 Å². The molecule has 0 aliphatic heterocycles. The summed E-state index contributed by atoms with van der Waals surface area (Å²) >= 11 is 3.34. The Hall–Kier alpha value is -2.14. The van der Waals surface area contributed by atoms with E-state index in [1.165, 1.54) is 6.21 Å². The minimum Gasteiger partial charge on any atom is -0.507 e. The van der Waals surface area contributed by atoms with Gasteiger partial charge in [0, 0.05) is 10.0 Å². The van der Waals surface area contributed by atoms with Gasteiger partial charge in [0.05, 0.1) is 12.6 Å². The number of nitrogens with zero attached hydrogens (tertiary/aromatic N) is 1. The van der Waals surface area contributed by atoms with Gasteiger partial charge in [0.1, 0.15) is 5.75 Å². The number of benzene rings is 2. The lowest BCUT2D eigenvalue weighted by Gasteiger charge is -2.01. The van der Waals surface area contributed by atoms with Crippen molar-refractivity contribution >= 4 is 28.1 Å². The zero-order valence-corrected chi connectivity index (χ0v) is 12.2. The number of halogens is 1. The SMILES string of the molecule is O=C(Cc1ccc(Br)cc1)N/N=C\c1ccccc1O. The van der Waals surface area contributed by atoms with Crippen molar-refractivity contribution in [2.24, 2.45) is 5.10 Å². The van der Waals surface area contributed by atoms with Gasteiger partial charge in [-0.05, 0) is 29.8 Å². The van der Waals surface area contributed by atoms with E-state index in [-0.39, 0.29) is 18.1 Å². The van der Waals surface area contributed by atoms with Crippen molar-refractivity contribution in [1.29, 1.82) is 0 Å². The van der Waals surface area contributed by atoms with E-state index in [0.29, 0.717) is 5.56 Å². The Kier molecular flexibility index (Phi) is 4.90. The molecule has 1 amide bonds. The predicted molar refractivity (Wildman–Crippen MR) is 81.7 cm³/mol. The van der Waals surface area contributed by atoms with Gasteiger partial charge >= 0.3 is 0 Å². The van der Waals surface area contributed by atoms with E-state index in [1.807, 2.05) is 24.3 Å². The van der Waals surface area contributed by atoms with Gasteiger partial charge in [-0.2, -0.15) is 5.10 Å². The lowest BCUT2D eigenvalue weighted by atomic mass is 10.1. The van der Waals surface area contributed by atoms with Gasteiger partial charge in [0.15, 0.2) is 0 Å². The van der Waals surface area contributed by atoms with Crippen molar-refractivity contribution in [3.05, 3.63) is 64.1 Å². The first-order valence-corrected chi connectivity index (χ1v) is 6.79. The number of amides is 1. The molecule has 0 saturated carbocycles. The summed E-state index contributed by atoms with van der Waals surface area (Å²) in [6, 6.07) is 14.3. The molecule has 2 aromatic carbocycles. The van der Waals surface area contributed by atoms with Crippen molar-refractivity contribution in [2.45, 2.75) is 6.42 Å². The zero-order valence-electron chi connectivity index (χ0n) is 10.6. The third-order valence-electron chi connectivity index (χ3n) is 2.61. The van der Waals surface area contributed by atoms with Gasteiger partial charge in [0.2, 0.25) is 5.91 Å². The fourth-order valence-corrected chi connectivity index (χ4v) is 1.86. The highest BCUT2D eigenvalue weighted by Crippen LogP contribution is 2.12. The molecule has 0 spiro atoms. The third-order valence-corrected chi connectivity index (χ3v) is 3.14. The summed E-state index contributed by atoms with van der Waals surface area (Å²) in [7, 11) is 0. The molecule has 0 aromatic heterocycles. The summed E-state index contributed by atoms with van der Waals surface area (Å²) in [6.07, 6.45) is 1.67. The molecule has 20 heavy (non-hydrogen) atoms. The van der Waals surface area contributed by atoms with Crippen LogP contribution in [0.4, 0.5) is 0 Å². The molecular weight excluding hydrogens is 320 g/mol. The van der Waals surface area contributed by atoms with Gasteiger partial charge in [-0.3, -0.25) is 4.79 Å². The van der Waals surface area contributed by atoms with E-state index < -0.39 is 0 Å². The Labute approximate surface area is 125 Å². The maximum Gasteiger partial charge on any atom is 0.244 e. The molecule has 0 atom stereocenters. The number of rotatable bonds is 4. The molecule has 2 N–H and O–H groups in total. The smallest absolute Gasteiger partial charge is 0.244 e. The van der Waals surface area contributed by atoms with Gasteiger partial charge in [-0.15, -0.1) is 0 Å². The molecule has 0 heterocycles. The first kappa shape index (κ1) is 14.3. The third kappa shape index (κ3) is 4.20. The van der Waals surface area contributed by atoms with Crippen molar-refractivity contribution in [3.8, 4) is 5.75 Å². The number of hydrazone groups is 1. The maximum absolute atomic E-state index is 11.7. The van der Waals surface area contributed by atoms with Crippen LogP contribution in [-0.4, -0.2) is 17.2 Å². The number of carbonyl (C=O) groups excluding carboxylic acids is 1. The normalized spacial score (nSPS) is 10.7. The van der Waals surface area contributed by atoms with Gasteiger partial charge in [-0.1, -0.05) is 40.2 Å². The van der Waals surface area contributed by atoms with Crippen LogP contribution in [0.25, 0.3) is 0 Å². The summed E-state index contributed by atoms with van der Waals surface area (Å²) in [5.74, 6) is -0.0857. The van der Waals surface area contributed by atoms with Crippen LogP contribution in [0, 0.1) is 0 Å². The molecule has 102 valence electrons. The fraction of sp³-hybridized carbons (Fsp3) is 0.0667. The number of phenolic OH excluding ortho intramolecular Hbond substituents is 1. The molecule has 4 nitrogen and oxygen atoms in total. The molecule has 0 aliphatic carbocycles. The maximum atomic E-state index is 11.7. The molecule has 5 heteroatoms. The average Bonchev–Trinajstić information content (AvgIpc) is 2.43. The summed E-state index contributed by atoms with van der Waals surface area (Å²) in [5.41, 5.74) is 3.89. The first-order valence-electron chi connectivity index (χ1n) is 5.99. The van der Waals surface area contributed by atoms with E-state index >= 15 is 0 Å². The molecule has 2 aromatic rings. The topological polar surface area (TPSA) is 61.7 Å². The molecule has 0 radical (unpaired) electrons. The van der Waals surface area contributed by atoms with Gasteiger partial charge in [-0.25, -0.2) is 5.43 Å². The summed E-state index contributed by atoms with van der Waals surface area (Å²) in [6.45, 7) is 0. The number of hydrogen-bond acceptors (Lipinski definition) is 3. The molecule has 0 fully saturated rings. The second-order valence-corrected chi connectivity index (χ2v) is 5.07. The Balaban J connectivity index is 1.89. The highest BCUT2D eigenvalue weighted by Gasteiger charge is 2.02. The Bertz CT molecular complexity index is 624. The van der Waals surface area contributed by atoms with Crippen LogP contribution in [-0.2, 0) is 11.2 Å². The van der Waals surface area contributed by atoms with Crippen molar-refractivity contribution in [2.75, 3.05) is 0 Å². The number of carbonyl (C=O) groups is 1. The van der Waals surface area contributed by atoms with Gasteiger partial charge in [0.25, 0.3) is 0 Å². The molecule has 0 unspecified atom stereocenters. The number of para-hydroxylation sites is 1. The van der Waals surface area contributed by atoms with Gasteiger partial charge < -0.3 is 5.11 Å². The Morgan fingerprint density at radius 3 is 2.60 bits per heavy atom. The van der Waals surface area contributed by atoms with Crippen LogP contribution in [0.1, 0.15) is 11.1 Å². The molecule has 0 saturated heterocycles. The quantitative estimate of drug-likeness (QED) is 0.668. The van der Waals surface area contributed by atoms with E-state index in [0.717, 1.165) is 10.0 Å². The van der Waals surface area contributed by atoms with Crippen LogP contribution in [0.3, 0.4) is 0 Å². The highest BCUT2D eigenvalue weighted by molar-refractivity contribution is 9.10. The Morgan fingerprint density at radius 2 is 1.90 bits per heavy atom. The molecule has 2 rings (SSSR count). The van der Waals surface area contributed by atoms with E-state index in [9.17, 15) is 9.90 Å². The lowest BCUT2D eigenvalue weighted by molar-refractivity contribution is -0.120. The number of hydrogen-bond donors (Lipinski definition) is 2. The molecule has 0 bridgehead atoms. The van der Waals surface area contributed by atoms with Crippen LogP contribution in [0.2, 0.25) is 0 Å². The summed E-state index contributed by atoms with van der Waals surface area (Å²) < 4.78 is 0.972. The Morgan fingerprint density at radius 1 is 1.20 bits per heavy atom. The molecular formula is C15H13BrN2O2. The van der Waals surface area contributed by atoms with Crippen molar-refractivity contribution < 1.29 is 9.90 Å². The second kappa shape index (κ2) is 6.86. The largest absolute Gasteiger partial charge is 0.507 e. The minimum atomic E-state index is -0.209.